The molecule has 2 aromatic rings. The van der Waals surface area contributed by atoms with Crippen LogP contribution >= 0.6 is 23.1 Å². The number of nitriles is 1. The molecule has 1 unspecified atom stereocenters. The molecule has 1 aliphatic carbocycles. The summed E-state index contributed by atoms with van der Waals surface area (Å²) in [5.74, 6) is 0.499. The van der Waals surface area contributed by atoms with E-state index in [1.807, 2.05) is 30.5 Å². The van der Waals surface area contributed by atoms with Crippen molar-refractivity contribution in [3.05, 3.63) is 52.5 Å². The standard InChI is InChI=1S/C20H19N5O2S2/c1-27-12-6-3-5-11(9-12)16-13(10-21)18(22)25(19-23-24-20(28-2)29-19)14-7-4-8-15(26)17(14)16/h3,5-6,9,16H,4,7-8,22H2,1-2H3. The number of nitrogens with two attached hydrogens (primary N) is 1. The summed E-state index contributed by atoms with van der Waals surface area (Å²) in [5.41, 5.74) is 9.10. The number of ketones is 1. The summed E-state index contributed by atoms with van der Waals surface area (Å²) in [6.07, 6.45) is 3.81. The van der Waals surface area contributed by atoms with E-state index in [1.165, 1.54) is 23.1 Å². The van der Waals surface area contributed by atoms with E-state index in [0.29, 0.717) is 40.7 Å². The van der Waals surface area contributed by atoms with E-state index in [1.54, 1.807) is 12.0 Å². The van der Waals surface area contributed by atoms with Crippen LogP contribution in [0.25, 0.3) is 0 Å². The number of ether oxygens (including phenoxy) is 1. The number of methoxy groups -OCH3 is 1. The van der Waals surface area contributed by atoms with Crippen LogP contribution in [-0.2, 0) is 4.79 Å². The highest BCUT2D eigenvalue weighted by atomic mass is 32.2. The number of hydrogen-bond donors (Lipinski definition) is 1. The largest absolute Gasteiger partial charge is 0.497 e. The second-order valence-electron chi connectivity index (χ2n) is 6.65. The van der Waals surface area contributed by atoms with Crippen molar-refractivity contribution in [3.63, 3.8) is 0 Å². The minimum Gasteiger partial charge on any atom is -0.497 e. The van der Waals surface area contributed by atoms with Crippen LogP contribution < -0.4 is 15.4 Å². The summed E-state index contributed by atoms with van der Waals surface area (Å²) >= 11 is 2.89. The third-order valence-corrected chi connectivity index (χ3v) is 6.99. The number of hydrogen-bond acceptors (Lipinski definition) is 9. The minimum atomic E-state index is -0.512. The number of aromatic nitrogens is 2. The average molecular weight is 426 g/mol. The summed E-state index contributed by atoms with van der Waals surface area (Å²) < 4.78 is 6.15. The van der Waals surface area contributed by atoms with E-state index in [2.05, 4.69) is 16.3 Å². The maximum atomic E-state index is 13.0. The van der Waals surface area contributed by atoms with Gasteiger partial charge in [0.25, 0.3) is 0 Å². The Morgan fingerprint density at radius 1 is 1.38 bits per heavy atom. The Balaban J connectivity index is 1.94. The fourth-order valence-corrected chi connectivity index (χ4v) is 5.13. The smallest absolute Gasteiger partial charge is 0.219 e. The Morgan fingerprint density at radius 3 is 2.90 bits per heavy atom. The van der Waals surface area contributed by atoms with Crippen molar-refractivity contribution in [1.82, 2.24) is 10.2 Å². The highest BCUT2D eigenvalue weighted by Gasteiger charge is 2.41. The maximum absolute atomic E-state index is 13.0. The van der Waals surface area contributed by atoms with Gasteiger partial charge in [-0.3, -0.25) is 9.69 Å². The van der Waals surface area contributed by atoms with Crippen LogP contribution in [0, 0.1) is 11.3 Å². The predicted octanol–water partition coefficient (Wildman–Crippen LogP) is 3.57. The van der Waals surface area contributed by atoms with E-state index in [4.69, 9.17) is 10.5 Å². The fraction of sp³-hybridized carbons (Fsp3) is 0.300. The minimum absolute atomic E-state index is 0.0407. The fourth-order valence-electron chi connectivity index (χ4n) is 3.83. The third-order valence-electron chi connectivity index (χ3n) is 5.10. The molecule has 4 rings (SSSR count). The first-order valence-electron chi connectivity index (χ1n) is 9.06. The lowest BCUT2D eigenvalue weighted by Gasteiger charge is -2.38. The third kappa shape index (κ3) is 3.28. The number of allylic oxidation sites excluding steroid dienone is 3. The zero-order valence-electron chi connectivity index (χ0n) is 16.0. The summed E-state index contributed by atoms with van der Waals surface area (Å²) in [5, 5.41) is 19.0. The molecule has 2 heterocycles. The lowest BCUT2D eigenvalue weighted by atomic mass is 9.76. The Labute approximate surface area is 176 Å². The van der Waals surface area contributed by atoms with Gasteiger partial charge in [0, 0.05) is 17.7 Å². The van der Waals surface area contributed by atoms with E-state index in [0.717, 1.165) is 22.0 Å². The summed E-state index contributed by atoms with van der Waals surface area (Å²) in [6, 6.07) is 9.70. The average Bonchev–Trinajstić information content (AvgIpc) is 3.21. The topological polar surface area (TPSA) is 105 Å². The van der Waals surface area contributed by atoms with Crippen LogP contribution in [0.1, 0.15) is 30.7 Å². The Morgan fingerprint density at radius 2 is 2.21 bits per heavy atom. The highest BCUT2D eigenvalue weighted by molar-refractivity contribution is 8.00. The van der Waals surface area contributed by atoms with Crippen molar-refractivity contribution in [2.75, 3.05) is 18.3 Å². The van der Waals surface area contributed by atoms with Crippen molar-refractivity contribution in [1.29, 1.82) is 5.26 Å². The lowest BCUT2D eigenvalue weighted by molar-refractivity contribution is -0.116. The maximum Gasteiger partial charge on any atom is 0.219 e. The molecule has 1 aromatic heterocycles. The van der Waals surface area contributed by atoms with Crippen molar-refractivity contribution in [3.8, 4) is 11.8 Å². The Kier molecular flexibility index (Phi) is 5.30. The van der Waals surface area contributed by atoms with Gasteiger partial charge in [-0.2, -0.15) is 5.26 Å². The molecule has 2 N–H and O–H groups in total. The van der Waals surface area contributed by atoms with Gasteiger partial charge >= 0.3 is 0 Å². The summed E-state index contributed by atoms with van der Waals surface area (Å²) in [6.45, 7) is 0. The summed E-state index contributed by atoms with van der Waals surface area (Å²) in [4.78, 5) is 14.8. The molecule has 1 atom stereocenters. The van der Waals surface area contributed by atoms with Crippen molar-refractivity contribution in [2.24, 2.45) is 5.73 Å². The first-order valence-corrected chi connectivity index (χ1v) is 11.1. The second kappa shape index (κ2) is 7.89. The Hall–Kier alpha value is -2.83. The predicted molar refractivity (Wildman–Crippen MR) is 113 cm³/mol. The molecule has 7 nitrogen and oxygen atoms in total. The number of carbonyl (C=O) groups excluding carboxylic acids is 1. The van der Waals surface area contributed by atoms with Crippen LogP contribution in [-0.4, -0.2) is 29.3 Å². The molecule has 0 radical (unpaired) electrons. The van der Waals surface area contributed by atoms with Crippen molar-refractivity contribution < 1.29 is 9.53 Å². The van der Waals surface area contributed by atoms with E-state index in [-0.39, 0.29) is 5.78 Å². The molecular weight excluding hydrogens is 406 g/mol. The molecule has 9 heteroatoms. The number of nitrogens with zero attached hydrogens (tertiary/aromatic N) is 4. The van der Waals surface area contributed by atoms with Gasteiger partial charge < -0.3 is 10.5 Å². The van der Waals surface area contributed by atoms with Gasteiger partial charge in [0.1, 0.15) is 11.6 Å². The Bertz CT molecular complexity index is 1080. The SMILES string of the molecule is COc1cccc(C2C(C#N)=C(N)N(c3nnc(SC)s3)C3=C2C(=O)CCC3)c1. The molecule has 29 heavy (non-hydrogen) atoms. The normalized spacial score (nSPS) is 19.3. The van der Waals surface area contributed by atoms with Crippen LogP contribution in [0.15, 0.2) is 51.3 Å². The van der Waals surface area contributed by atoms with Crippen LogP contribution in [0.3, 0.4) is 0 Å². The van der Waals surface area contributed by atoms with Gasteiger partial charge in [-0.25, -0.2) is 0 Å². The van der Waals surface area contributed by atoms with E-state index >= 15 is 0 Å². The van der Waals surface area contributed by atoms with Crippen molar-refractivity contribution in [2.45, 2.75) is 29.5 Å². The monoisotopic (exact) mass is 425 g/mol. The van der Waals surface area contributed by atoms with Gasteiger partial charge in [0.15, 0.2) is 10.1 Å². The molecule has 0 fully saturated rings. The van der Waals surface area contributed by atoms with Crippen LogP contribution in [0.5, 0.6) is 5.75 Å². The molecule has 0 amide bonds. The van der Waals surface area contributed by atoms with Crippen molar-refractivity contribution >= 4 is 34.0 Å². The van der Waals surface area contributed by atoms with Gasteiger partial charge in [-0.05, 0) is 36.8 Å². The van der Waals surface area contributed by atoms with Crippen LogP contribution in [0.2, 0.25) is 0 Å². The molecule has 0 spiro atoms. The first kappa shape index (κ1) is 19.5. The second-order valence-corrected chi connectivity index (χ2v) is 8.66. The molecule has 148 valence electrons. The number of carbonyl (C=O) groups is 1. The quantitative estimate of drug-likeness (QED) is 0.741. The van der Waals surface area contributed by atoms with Gasteiger partial charge in [0.05, 0.1) is 24.7 Å². The number of anilines is 1. The molecule has 0 saturated heterocycles. The van der Waals surface area contributed by atoms with Crippen LogP contribution in [0.4, 0.5) is 5.13 Å². The molecule has 0 saturated carbocycles. The van der Waals surface area contributed by atoms with E-state index < -0.39 is 5.92 Å². The molecule has 0 bridgehead atoms. The molecule has 2 aliphatic rings. The molecule has 1 aliphatic heterocycles. The number of benzene rings is 1. The van der Waals surface area contributed by atoms with Gasteiger partial charge in [0.2, 0.25) is 5.13 Å². The molecule has 1 aromatic carbocycles. The van der Waals surface area contributed by atoms with E-state index in [9.17, 15) is 10.1 Å². The first-order chi connectivity index (χ1) is 14.1. The molecular formula is C20H19N5O2S2. The number of Topliss-reactive ketones (excluding diaryl/α,β-unsaturated/α-hetero) is 1. The summed E-state index contributed by atoms with van der Waals surface area (Å²) in [7, 11) is 1.59. The number of thioether (sulfide) groups is 1. The zero-order chi connectivity index (χ0) is 20.5. The van der Waals surface area contributed by atoms with Gasteiger partial charge in [-0.1, -0.05) is 35.2 Å². The lowest BCUT2D eigenvalue weighted by Crippen LogP contribution is -2.38. The highest BCUT2D eigenvalue weighted by Crippen LogP contribution is 2.47. The number of rotatable bonds is 4. The van der Waals surface area contributed by atoms with Gasteiger partial charge in [-0.15, -0.1) is 10.2 Å². The zero-order valence-corrected chi connectivity index (χ0v) is 17.6.